The third-order valence-corrected chi connectivity index (χ3v) is 7.97. The topological polar surface area (TPSA) is 106 Å². The van der Waals surface area contributed by atoms with Gasteiger partial charge >= 0.3 is 0 Å². The van der Waals surface area contributed by atoms with E-state index in [4.69, 9.17) is 14.2 Å². The first kappa shape index (κ1) is 30.2. The van der Waals surface area contributed by atoms with Crippen LogP contribution in [0.25, 0.3) is 0 Å². The van der Waals surface area contributed by atoms with E-state index in [2.05, 4.69) is 10.6 Å². The number of carbonyl (C=O) groups excluding carboxylic acids is 3. The first-order valence-corrected chi connectivity index (χ1v) is 14.6. The second-order valence-electron chi connectivity index (χ2n) is 9.70. The molecule has 5 rings (SSSR count). The zero-order chi connectivity index (χ0) is 31.1. The summed E-state index contributed by atoms with van der Waals surface area (Å²) in [4.78, 5) is 42.1. The van der Waals surface area contributed by atoms with Crippen molar-refractivity contribution in [3.8, 4) is 17.2 Å². The van der Waals surface area contributed by atoms with Gasteiger partial charge in [0.15, 0.2) is 0 Å². The van der Waals surface area contributed by atoms with Gasteiger partial charge in [-0.2, -0.15) is 0 Å². The van der Waals surface area contributed by atoms with Gasteiger partial charge in [0, 0.05) is 23.1 Å². The number of carbonyl (C=O) groups is 3. The Kier molecular flexibility index (Phi) is 9.51. The smallest absolute Gasteiger partial charge is 0.283 e. The van der Waals surface area contributed by atoms with Crippen molar-refractivity contribution in [3.63, 3.8) is 0 Å². The van der Waals surface area contributed by atoms with E-state index in [0.717, 1.165) is 22.2 Å². The molecule has 0 spiro atoms. The molecular weight excluding hydrogens is 578 g/mol. The maximum Gasteiger partial charge on any atom is 0.283 e. The molecule has 2 N–H and O–H groups in total. The molecule has 0 fully saturated rings. The zero-order valence-corrected chi connectivity index (χ0v) is 25.3. The number of anilines is 3. The fourth-order valence-corrected chi connectivity index (χ4v) is 5.49. The summed E-state index contributed by atoms with van der Waals surface area (Å²) < 4.78 is 16.0. The van der Waals surface area contributed by atoms with Crippen molar-refractivity contribution in [3.05, 3.63) is 113 Å². The summed E-state index contributed by atoms with van der Waals surface area (Å²) in [5, 5.41) is 6.05. The molecule has 0 aliphatic carbocycles. The molecule has 10 heteroatoms. The van der Waals surface area contributed by atoms with E-state index in [0.29, 0.717) is 52.0 Å². The number of nitrogens with one attached hydrogen (secondary N) is 2. The summed E-state index contributed by atoms with van der Waals surface area (Å²) in [6, 6.07) is 28.8. The van der Waals surface area contributed by atoms with E-state index in [9.17, 15) is 14.4 Å². The fraction of sp³-hybridized carbons (Fsp3) is 0.147. The molecule has 1 aliphatic heterocycles. The lowest BCUT2D eigenvalue weighted by molar-refractivity contribution is -0.120. The van der Waals surface area contributed by atoms with Gasteiger partial charge in [-0.1, -0.05) is 42.1 Å². The Morgan fingerprint density at radius 2 is 1.45 bits per heavy atom. The van der Waals surface area contributed by atoms with Gasteiger partial charge in [-0.15, -0.1) is 0 Å². The van der Waals surface area contributed by atoms with Crippen LogP contribution in [0.5, 0.6) is 17.2 Å². The molecule has 0 saturated heterocycles. The SMILES string of the molecule is COc1ccc(N2C(=O)C(Nc3ccc(OC)cc3OC)=C(Sc3ccc(NC(=O)CCc4ccccc4)cc3)C2=O)cc1. The lowest BCUT2D eigenvalue weighted by Gasteiger charge is -2.16. The first-order valence-electron chi connectivity index (χ1n) is 13.8. The maximum absolute atomic E-state index is 13.8. The van der Waals surface area contributed by atoms with Crippen LogP contribution in [0.4, 0.5) is 17.1 Å². The number of hydrogen-bond acceptors (Lipinski definition) is 8. The minimum Gasteiger partial charge on any atom is -0.497 e. The number of methoxy groups -OCH3 is 3. The Balaban J connectivity index is 1.38. The van der Waals surface area contributed by atoms with Crippen LogP contribution >= 0.6 is 11.8 Å². The summed E-state index contributed by atoms with van der Waals surface area (Å²) in [6.45, 7) is 0. The van der Waals surface area contributed by atoms with Gasteiger partial charge < -0.3 is 24.8 Å². The van der Waals surface area contributed by atoms with Crippen LogP contribution in [-0.2, 0) is 20.8 Å². The van der Waals surface area contributed by atoms with Crippen molar-refractivity contribution < 1.29 is 28.6 Å². The Morgan fingerprint density at radius 1 is 0.773 bits per heavy atom. The largest absolute Gasteiger partial charge is 0.497 e. The number of benzene rings is 4. The Labute approximate surface area is 259 Å². The summed E-state index contributed by atoms with van der Waals surface area (Å²) >= 11 is 1.15. The lowest BCUT2D eigenvalue weighted by atomic mass is 10.1. The van der Waals surface area contributed by atoms with Gasteiger partial charge in [-0.3, -0.25) is 14.4 Å². The molecule has 1 aliphatic rings. The van der Waals surface area contributed by atoms with Crippen LogP contribution in [0, 0.1) is 0 Å². The fourth-order valence-electron chi connectivity index (χ4n) is 4.57. The molecule has 0 saturated carbocycles. The van der Waals surface area contributed by atoms with Crippen molar-refractivity contribution in [1.82, 2.24) is 0 Å². The Morgan fingerprint density at radius 3 is 2.11 bits per heavy atom. The molecule has 44 heavy (non-hydrogen) atoms. The summed E-state index contributed by atoms with van der Waals surface area (Å²) in [5.74, 6) is 0.544. The van der Waals surface area contributed by atoms with Crippen LogP contribution in [0.1, 0.15) is 12.0 Å². The highest BCUT2D eigenvalue weighted by Gasteiger charge is 2.40. The van der Waals surface area contributed by atoms with Crippen LogP contribution < -0.4 is 29.7 Å². The summed E-state index contributed by atoms with van der Waals surface area (Å²) in [5.41, 5.74) is 2.74. The molecular formula is C34H31N3O6S. The number of imide groups is 1. The van der Waals surface area contributed by atoms with E-state index in [-0.39, 0.29) is 16.5 Å². The molecule has 0 unspecified atom stereocenters. The van der Waals surface area contributed by atoms with Crippen molar-refractivity contribution in [2.24, 2.45) is 0 Å². The molecule has 0 atom stereocenters. The predicted molar refractivity (Wildman–Crippen MR) is 171 cm³/mol. The third kappa shape index (κ3) is 6.87. The van der Waals surface area contributed by atoms with Gasteiger partial charge in [0.2, 0.25) is 5.91 Å². The molecule has 3 amide bonds. The summed E-state index contributed by atoms with van der Waals surface area (Å²) in [6.07, 6.45) is 0.999. The Bertz CT molecular complexity index is 1690. The van der Waals surface area contributed by atoms with Crippen LogP contribution in [0.3, 0.4) is 0 Å². The highest BCUT2D eigenvalue weighted by Crippen LogP contribution is 2.40. The minimum absolute atomic E-state index is 0.0939. The minimum atomic E-state index is -0.511. The van der Waals surface area contributed by atoms with E-state index in [1.165, 1.54) is 7.11 Å². The molecule has 0 aromatic heterocycles. The van der Waals surface area contributed by atoms with E-state index in [1.54, 1.807) is 80.9 Å². The monoisotopic (exact) mass is 609 g/mol. The van der Waals surface area contributed by atoms with Gasteiger partial charge in [-0.25, -0.2) is 4.90 Å². The number of thioether (sulfide) groups is 1. The average molecular weight is 610 g/mol. The van der Waals surface area contributed by atoms with Crippen molar-refractivity contribution >= 4 is 46.5 Å². The number of nitrogens with zero attached hydrogens (tertiary/aromatic N) is 1. The lowest BCUT2D eigenvalue weighted by Crippen LogP contribution is -2.32. The average Bonchev–Trinajstić information content (AvgIpc) is 3.29. The highest BCUT2D eigenvalue weighted by molar-refractivity contribution is 8.04. The Hall–Kier alpha value is -5.22. The van der Waals surface area contributed by atoms with Gasteiger partial charge in [0.25, 0.3) is 11.8 Å². The number of rotatable bonds is 12. The van der Waals surface area contributed by atoms with Crippen molar-refractivity contribution in [2.75, 3.05) is 36.9 Å². The second-order valence-corrected chi connectivity index (χ2v) is 10.8. The van der Waals surface area contributed by atoms with Crippen LogP contribution in [0.2, 0.25) is 0 Å². The second kappa shape index (κ2) is 13.8. The van der Waals surface area contributed by atoms with Crippen molar-refractivity contribution in [1.29, 1.82) is 0 Å². The number of hydrogen-bond donors (Lipinski definition) is 2. The van der Waals surface area contributed by atoms with Gasteiger partial charge in [-0.05, 0) is 72.6 Å². The van der Waals surface area contributed by atoms with Crippen molar-refractivity contribution in [2.45, 2.75) is 17.7 Å². The normalized spacial score (nSPS) is 12.8. The standard InChI is InChI=1S/C34H31N3O6S/c1-41-25-14-12-24(13-15-25)37-33(39)31(36-28-19-16-26(42-2)21-29(28)43-3)32(34(37)40)44-27-17-10-23(11-18-27)35-30(38)20-9-22-7-5-4-6-8-22/h4-8,10-19,21,36H,9,20H2,1-3H3,(H,35,38). The van der Waals surface area contributed by atoms with Crippen LogP contribution in [0.15, 0.2) is 113 Å². The molecule has 4 aromatic carbocycles. The molecule has 4 aromatic rings. The van der Waals surface area contributed by atoms with Gasteiger partial charge in [0.05, 0.1) is 32.7 Å². The quantitative estimate of drug-likeness (QED) is 0.181. The van der Waals surface area contributed by atoms with Gasteiger partial charge in [0.1, 0.15) is 27.9 Å². The molecule has 224 valence electrons. The van der Waals surface area contributed by atoms with Crippen LogP contribution in [-0.4, -0.2) is 39.1 Å². The van der Waals surface area contributed by atoms with E-state index >= 15 is 0 Å². The first-order chi connectivity index (χ1) is 21.4. The zero-order valence-electron chi connectivity index (χ0n) is 24.5. The third-order valence-electron chi connectivity index (χ3n) is 6.88. The number of ether oxygens (including phenoxy) is 3. The van der Waals surface area contributed by atoms with E-state index < -0.39 is 11.8 Å². The molecule has 1 heterocycles. The molecule has 9 nitrogen and oxygen atoms in total. The molecule has 0 bridgehead atoms. The van der Waals surface area contributed by atoms with E-state index in [1.807, 2.05) is 30.3 Å². The number of amides is 3. The summed E-state index contributed by atoms with van der Waals surface area (Å²) in [7, 11) is 4.60. The highest BCUT2D eigenvalue weighted by atomic mass is 32.2. The molecule has 0 radical (unpaired) electrons. The maximum atomic E-state index is 13.8. The number of aryl methyl sites for hydroxylation is 1. The predicted octanol–water partition coefficient (Wildman–Crippen LogP) is 6.27.